The van der Waals surface area contributed by atoms with E-state index in [0.717, 1.165) is 12.8 Å². The molecule has 0 aromatic heterocycles. The minimum atomic E-state index is -0.460. The number of ether oxygens (including phenoxy) is 1. The molecule has 1 N–H and O–H groups in total. The van der Waals surface area contributed by atoms with Crippen molar-refractivity contribution in [1.82, 2.24) is 10.2 Å². The van der Waals surface area contributed by atoms with Gasteiger partial charge in [-0.3, -0.25) is 9.59 Å². The van der Waals surface area contributed by atoms with Gasteiger partial charge in [-0.05, 0) is 26.2 Å². The molecular formula is C13H22N2O4. The summed E-state index contributed by atoms with van der Waals surface area (Å²) >= 11 is 0. The van der Waals surface area contributed by atoms with Crippen molar-refractivity contribution in [1.29, 1.82) is 0 Å². The summed E-state index contributed by atoms with van der Waals surface area (Å²) in [4.78, 5) is 36.2. The van der Waals surface area contributed by atoms with Crippen LogP contribution in [0.5, 0.6) is 0 Å². The molecule has 0 spiro atoms. The summed E-state index contributed by atoms with van der Waals surface area (Å²) in [5, 5.41) is 2.58. The van der Waals surface area contributed by atoms with Gasteiger partial charge in [0.05, 0.1) is 6.61 Å². The lowest BCUT2D eigenvalue weighted by Crippen LogP contribution is -2.49. The number of piperidine rings is 1. The van der Waals surface area contributed by atoms with Crippen LogP contribution in [0.15, 0.2) is 0 Å². The summed E-state index contributed by atoms with van der Waals surface area (Å²) < 4.78 is 5.00. The first-order chi connectivity index (χ1) is 9.06. The average Bonchev–Trinajstić information content (AvgIpc) is 2.38. The molecule has 0 radical (unpaired) electrons. The predicted octanol–water partition coefficient (Wildman–Crippen LogP) is 0.457. The Kier molecular flexibility index (Phi) is 6.32. The minimum Gasteiger partial charge on any atom is -0.464 e. The van der Waals surface area contributed by atoms with Gasteiger partial charge in [0.1, 0.15) is 6.04 Å². The summed E-state index contributed by atoms with van der Waals surface area (Å²) in [6.45, 7) is 4.38. The fourth-order valence-electron chi connectivity index (χ4n) is 2.20. The van der Waals surface area contributed by atoms with E-state index in [1.165, 1.54) is 6.92 Å². The average molecular weight is 270 g/mol. The van der Waals surface area contributed by atoms with E-state index in [4.69, 9.17) is 4.74 Å². The Balaban J connectivity index is 2.53. The first-order valence-electron chi connectivity index (χ1n) is 6.76. The Morgan fingerprint density at radius 1 is 1.32 bits per heavy atom. The second-order valence-corrected chi connectivity index (χ2v) is 4.58. The normalized spacial score (nSPS) is 18.8. The minimum absolute atomic E-state index is 0.105. The lowest BCUT2D eigenvalue weighted by atomic mass is 10.0. The third-order valence-electron chi connectivity index (χ3n) is 3.09. The fourth-order valence-corrected chi connectivity index (χ4v) is 2.20. The van der Waals surface area contributed by atoms with Gasteiger partial charge >= 0.3 is 5.97 Å². The maximum atomic E-state index is 12.1. The van der Waals surface area contributed by atoms with E-state index in [1.807, 2.05) is 0 Å². The standard InChI is InChI=1S/C13H22N2O4/c1-3-19-13(18)11-6-4-5-9-15(11)12(17)7-8-14-10(2)16/h11H,3-9H2,1-2H3,(H,14,16). The molecule has 0 bridgehead atoms. The zero-order valence-corrected chi connectivity index (χ0v) is 11.6. The lowest BCUT2D eigenvalue weighted by molar-refractivity contribution is -0.156. The van der Waals surface area contributed by atoms with Crippen LogP contribution in [0.4, 0.5) is 0 Å². The molecule has 0 aromatic rings. The highest BCUT2D eigenvalue weighted by Crippen LogP contribution is 2.19. The molecule has 1 saturated heterocycles. The molecule has 2 amide bonds. The van der Waals surface area contributed by atoms with Gasteiger partial charge in [-0.1, -0.05) is 0 Å². The summed E-state index contributed by atoms with van der Waals surface area (Å²) in [6, 6.07) is -0.460. The highest BCUT2D eigenvalue weighted by atomic mass is 16.5. The van der Waals surface area contributed by atoms with E-state index in [-0.39, 0.29) is 24.2 Å². The van der Waals surface area contributed by atoms with Gasteiger partial charge < -0.3 is 15.0 Å². The number of nitrogens with one attached hydrogen (secondary N) is 1. The summed E-state index contributed by atoms with van der Waals surface area (Å²) in [5.74, 6) is -0.588. The highest BCUT2D eigenvalue weighted by Gasteiger charge is 2.32. The number of carbonyl (C=O) groups is 3. The van der Waals surface area contributed by atoms with Crippen LogP contribution in [0, 0.1) is 0 Å². The van der Waals surface area contributed by atoms with Gasteiger partial charge in [0.15, 0.2) is 0 Å². The zero-order chi connectivity index (χ0) is 14.3. The Labute approximate surface area is 113 Å². The largest absolute Gasteiger partial charge is 0.464 e. The molecule has 1 heterocycles. The predicted molar refractivity (Wildman–Crippen MR) is 69.3 cm³/mol. The Morgan fingerprint density at radius 2 is 2.05 bits per heavy atom. The first kappa shape index (κ1) is 15.5. The van der Waals surface area contributed by atoms with Gasteiger partial charge in [0, 0.05) is 26.4 Å². The summed E-state index contributed by atoms with van der Waals surface area (Å²) in [5.41, 5.74) is 0. The summed E-state index contributed by atoms with van der Waals surface area (Å²) in [7, 11) is 0. The van der Waals surface area contributed by atoms with E-state index in [2.05, 4.69) is 5.32 Å². The van der Waals surface area contributed by atoms with Crippen molar-refractivity contribution < 1.29 is 19.1 Å². The van der Waals surface area contributed by atoms with Crippen LogP contribution in [0.1, 0.15) is 39.5 Å². The molecule has 6 heteroatoms. The number of carbonyl (C=O) groups excluding carboxylic acids is 3. The van der Waals surface area contributed by atoms with E-state index in [0.29, 0.717) is 26.1 Å². The highest BCUT2D eigenvalue weighted by molar-refractivity contribution is 5.85. The van der Waals surface area contributed by atoms with Crippen molar-refractivity contribution in [3.05, 3.63) is 0 Å². The SMILES string of the molecule is CCOC(=O)C1CCCCN1C(=O)CCNC(C)=O. The molecule has 0 saturated carbocycles. The molecule has 108 valence electrons. The van der Waals surface area contributed by atoms with Crippen LogP contribution in [0.2, 0.25) is 0 Å². The maximum Gasteiger partial charge on any atom is 0.328 e. The van der Waals surface area contributed by atoms with Gasteiger partial charge in [-0.25, -0.2) is 4.79 Å². The van der Waals surface area contributed by atoms with Crippen molar-refractivity contribution in [2.45, 2.75) is 45.6 Å². The molecule has 1 atom stereocenters. The third kappa shape index (κ3) is 4.89. The van der Waals surface area contributed by atoms with E-state index in [1.54, 1.807) is 11.8 Å². The molecule has 1 aliphatic rings. The maximum absolute atomic E-state index is 12.1. The molecule has 19 heavy (non-hydrogen) atoms. The second kappa shape index (κ2) is 7.76. The molecule has 1 unspecified atom stereocenters. The summed E-state index contributed by atoms with van der Waals surface area (Å²) in [6.07, 6.45) is 2.71. The molecule has 0 aromatic carbocycles. The van der Waals surface area contributed by atoms with Crippen LogP contribution in [-0.4, -0.2) is 48.4 Å². The zero-order valence-electron chi connectivity index (χ0n) is 11.6. The second-order valence-electron chi connectivity index (χ2n) is 4.58. The van der Waals surface area contributed by atoms with Gasteiger partial charge in [0.25, 0.3) is 0 Å². The Bertz CT molecular complexity index is 344. The number of rotatable bonds is 5. The van der Waals surface area contributed by atoms with Crippen molar-refractivity contribution >= 4 is 17.8 Å². The molecule has 6 nitrogen and oxygen atoms in total. The lowest BCUT2D eigenvalue weighted by Gasteiger charge is -2.34. The number of esters is 1. The van der Waals surface area contributed by atoms with Crippen LogP contribution in [0.25, 0.3) is 0 Å². The topological polar surface area (TPSA) is 75.7 Å². The Hall–Kier alpha value is -1.59. The van der Waals surface area contributed by atoms with E-state index >= 15 is 0 Å². The van der Waals surface area contributed by atoms with Crippen molar-refractivity contribution in [2.75, 3.05) is 19.7 Å². The number of hydrogen-bond acceptors (Lipinski definition) is 4. The van der Waals surface area contributed by atoms with E-state index < -0.39 is 6.04 Å². The van der Waals surface area contributed by atoms with Crippen molar-refractivity contribution in [2.24, 2.45) is 0 Å². The van der Waals surface area contributed by atoms with E-state index in [9.17, 15) is 14.4 Å². The number of nitrogens with zero attached hydrogens (tertiary/aromatic N) is 1. The quantitative estimate of drug-likeness (QED) is 0.736. The molecule has 1 fully saturated rings. The van der Waals surface area contributed by atoms with Crippen LogP contribution in [0.3, 0.4) is 0 Å². The number of amides is 2. The molecule has 1 aliphatic heterocycles. The van der Waals surface area contributed by atoms with Gasteiger partial charge in [0.2, 0.25) is 11.8 Å². The van der Waals surface area contributed by atoms with Gasteiger partial charge in [-0.2, -0.15) is 0 Å². The van der Waals surface area contributed by atoms with Crippen molar-refractivity contribution in [3.63, 3.8) is 0 Å². The van der Waals surface area contributed by atoms with Gasteiger partial charge in [-0.15, -0.1) is 0 Å². The van der Waals surface area contributed by atoms with Crippen LogP contribution >= 0.6 is 0 Å². The monoisotopic (exact) mass is 270 g/mol. The number of likely N-dealkylation sites (tertiary alicyclic amines) is 1. The molecular weight excluding hydrogens is 248 g/mol. The Morgan fingerprint density at radius 3 is 2.68 bits per heavy atom. The fraction of sp³-hybridized carbons (Fsp3) is 0.769. The molecule has 0 aliphatic carbocycles. The smallest absolute Gasteiger partial charge is 0.328 e. The first-order valence-corrected chi connectivity index (χ1v) is 6.76. The van der Waals surface area contributed by atoms with Crippen LogP contribution < -0.4 is 5.32 Å². The third-order valence-corrected chi connectivity index (χ3v) is 3.09. The molecule has 1 rings (SSSR count). The van der Waals surface area contributed by atoms with Crippen molar-refractivity contribution in [3.8, 4) is 0 Å². The van der Waals surface area contributed by atoms with Crippen LogP contribution in [-0.2, 0) is 19.1 Å². The number of hydrogen-bond donors (Lipinski definition) is 1.